The maximum atomic E-state index is 13.7. The SMILES string of the molecule is COC(=O)c1ccc(C(O)C(O)CN=[N+]=[N-])c(F)c1. The molecule has 0 spiro atoms. The minimum Gasteiger partial charge on any atom is -0.465 e. The number of azide groups is 1. The van der Waals surface area contributed by atoms with Crippen molar-refractivity contribution in [3.8, 4) is 0 Å². The Morgan fingerprint density at radius 1 is 1.58 bits per heavy atom. The molecule has 1 aromatic carbocycles. The Hall–Kier alpha value is -2.15. The van der Waals surface area contributed by atoms with Crippen LogP contribution in [-0.4, -0.2) is 35.9 Å². The van der Waals surface area contributed by atoms with Crippen molar-refractivity contribution in [3.05, 3.63) is 45.6 Å². The molecule has 8 heteroatoms. The molecule has 2 unspecified atom stereocenters. The van der Waals surface area contributed by atoms with Gasteiger partial charge in [-0.2, -0.15) is 0 Å². The Morgan fingerprint density at radius 3 is 2.79 bits per heavy atom. The zero-order chi connectivity index (χ0) is 14.4. The van der Waals surface area contributed by atoms with Gasteiger partial charge in [0.2, 0.25) is 0 Å². The molecule has 0 aliphatic carbocycles. The molecule has 1 aromatic rings. The number of esters is 1. The highest BCUT2D eigenvalue weighted by Crippen LogP contribution is 2.22. The van der Waals surface area contributed by atoms with E-state index in [1.54, 1.807) is 0 Å². The van der Waals surface area contributed by atoms with Gasteiger partial charge in [0.15, 0.2) is 0 Å². The fraction of sp³-hybridized carbons (Fsp3) is 0.364. The van der Waals surface area contributed by atoms with Crippen molar-refractivity contribution in [1.29, 1.82) is 0 Å². The van der Waals surface area contributed by atoms with Crippen molar-refractivity contribution in [2.45, 2.75) is 12.2 Å². The van der Waals surface area contributed by atoms with Gasteiger partial charge >= 0.3 is 5.97 Å². The molecular weight excluding hydrogens is 257 g/mol. The van der Waals surface area contributed by atoms with Gasteiger partial charge in [0.1, 0.15) is 11.9 Å². The normalized spacial score (nSPS) is 13.3. The zero-order valence-corrected chi connectivity index (χ0v) is 10.0. The molecule has 19 heavy (non-hydrogen) atoms. The molecule has 0 aliphatic heterocycles. The minimum atomic E-state index is -1.56. The second-order valence-electron chi connectivity index (χ2n) is 3.65. The number of nitrogens with zero attached hydrogens (tertiary/aromatic N) is 3. The number of ether oxygens (including phenoxy) is 1. The molecule has 0 bridgehead atoms. The molecule has 0 aromatic heterocycles. The summed E-state index contributed by atoms with van der Waals surface area (Å²) >= 11 is 0. The molecule has 0 aliphatic rings. The Morgan fingerprint density at radius 2 is 2.26 bits per heavy atom. The van der Waals surface area contributed by atoms with Crippen LogP contribution < -0.4 is 0 Å². The van der Waals surface area contributed by atoms with Gasteiger partial charge in [0.05, 0.1) is 25.3 Å². The van der Waals surface area contributed by atoms with Crippen LogP contribution in [0, 0.1) is 5.82 Å². The van der Waals surface area contributed by atoms with E-state index in [9.17, 15) is 19.4 Å². The van der Waals surface area contributed by atoms with Crippen molar-refractivity contribution in [1.82, 2.24) is 0 Å². The predicted molar refractivity (Wildman–Crippen MR) is 62.7 cm³/mol. The number of benzene rings is 1. The highest BCUT2D eigenvalue weighted by molar-refractivity contribution is 5.89. The third kappa shape index (κ3) is 3.65. The first kappa shape index (κ1) is 14.9. The van der Waals surface area contributed by atoms with Crippen LogP contribution in [0.4, 0.5) is 4.39 Å². The summed E-state index contributed by atoms with van der Waals surface area (Å²) < 4.78 is 18.1. The standard InChI is InChI=1S/C11H12FN3O4/c1-19-11(18)6-2-3-7(8(12)4-6)10(17)9(16)5-14-15-13/h2-4,9-10,16-17H,5H2,1H3. The average Bonchev–Trinajstić information content (AvgIpc) is 2.42. The van der Waals surface area contributed by atoms with Crippen LogP contribution in [0.15, 0.2) is 23.3 Å². The van der Waals surface area contributed by atoms with E-state index in [0.717, 1.165) is 19.2 Å². The molecule has 0 saturated carbocycles. The maximum absolute atomic E-state index is 13.7. The molecule has 0 heterocycles. The summed E-state index contributed by atoms with van der Waals surface area (Å²) in [7, 11) is 1.16. The van der Waals surface area contributed by atoms with Gasteiger partial charge in [0, 0.05) is 10.5 Å². The number of carbonyl (C=O) groups is 1. The molecule has 2 atom stereocenters. The van der Waals surface area contributed by atoms with Crippen LogP contribution in [-0.2, 0) is 4.74 Å². The molecule has 0 radical (unpaired) electrons. The van der Waals surface area contributed by atoms with Crippen LogP contribution in [0.5, 0.6) is 0 Å². The average molecular weight is 269 g/mol. The summed E-state index contributed by atoms with van der Waals surface area (Å²) in [6.07, 6.45) is -2.99. The van der Waals surface area contributed by atoms with Crippen LogP contribution in [0.3, 0.4) is 0 Å². The topological polar surface area (TPSA) is 116 Å². The summed E-state index contributed by atoms with van der Waals surface area (Å²) in [6, 6.07) is 3.31. The predicted octanol–water partition coefficient (Wildman–Crippen LogP) is 1.32. The van der Waals surface area contributed by atoms with E-state index in [2.05, 4.69) is 14.8 Å². The van der Waals surface area contributed by atoms with Crippen LogP contribution in [0.2, 0.25) is 0 Å². The van der Waals surface area contributed by atoms with Crippen molar-refractivity contribution >= 4 is 5.97 Å². The number of hydrogen-bond donors (Lipinski definition) is 2. The fourth-order valence-electron chi connectivity index (χ4n) is 1.44. The van der Waals surface area contributed by atoms with E-state index < -0.39 is 30.5 Å². The highest BCUT2D eigenvalue weighted by atomic mass is 19.1. The van der Waals surface area contributed by atoms with Gasteiger partial charge in [0.25, 0.3) is 0 Å². The Kier molecular flexibility index (Phi) is 5.25. The quantitative estimate of drug-likeness (QED) is 0.363. The zero-order valence-electron chi connectivity index (χ0n) is 10.0. The van der Waals surface area contributed by atoms with Gasteiger partial charge in [-0.3, -0.25) is 0 Å². The number of aliphatic hydroxyl groups is 2. The van der Waals surface area contributed by atoms with E-state index in [1.807, 2.05) is 0 Å². The van der Waals surface area contributed by atoms with Crippen molar-refractivity contribution in [2.24, 2.45) is 5.11 Å². The number of carbonyl (C=O) groups excluding carboxylic acids is 1. The Bertz CT molecular complexity index is 517. The Balaban J connectivity index is 2.95. The van der Waals surface area contributed by atoms with Crippen LogP contribution in [0.25, 0.3) is 10.4 Å². The van der Waals surface area contributed by atoms with E-state index in [1.165, 1.54) is 6.07 Å². The summed E-state index contributed by atoms with van der Waals surface area (Å²) in [5.74, 6) is -1.58. The van der Waals surface area contributed by atoms with Crippen LogP contribution in [0.1, 0.15) is 22.0 Å². The molecule has 0 fully saturated rings. The number of hydrogen-bond acceptors (Lipinski definition) is 5. The van der Waals surface area contributed by atoms with E-state index in [4.69, 9.17) is 5.53 Å². The monoisotopic (exact) mass is 269 g/mol. The van der Waals surface area contributed by atoms with Gasteiger partial charge in [-0.25, -0.2) is 9.18 Å². The second kappa shape index (κ2) is 6.69. The lowest BCUT2D eigenvalue weighted by atomic mass is 10.0. The summed E-state index contributed by atoms with van der Waals surface area (Å²) in [4.78, 5) is 13.6. The van der Waals surface area contributed by atoms with Gasteiger partial charge in [-0.05, 0) is 17.7 Å². The molecule has 0 saturated heterocycles. The van der Waals surface area contributed by atoms with Gasteiger partial charge in [-0.1, -0.05) is 11.2 Å². The van der Waals surface area contributed by atoms with Gasteiger partial charge in [-0.15, -0.1) is 0 Å². The van der Waals surface area contributed by atoms with E-state index in [0.29, 0.717) is 0 Å². The first-order valence-corrected chi connectivity index (χ1v) is 5.26. The van der Waals surface area contributed by atoms with E-state index in [-0.39, 0.29) is 11.1 Å². The maximum Gasteiger partial charge on any atom is 0.337 e. The Labute approximate surface area is 107 Å². The molecule has 102 valence electrons. The van der Waals surface area contributed by atoms with Crippen molar-refractivity contribution in [2.75, 3.05) is 13.7 Å². The third-order valence-corrected chi connectivity index (χ3v) is 2.44. The second-order valence-corrected chi connectivity index (χ2v) is 3.65. The first-order valence-electron chi connectivity index (χ1n) is 5.26. The molecule has 2 N–H and O–H groups in total. The molecule has 1 rings (SSSR count). The largest absolute Gasteiger partial charge is 0.465 e. The van der Waals surface area contributed by atoms with E-state index >= 15 is 0 Å². The van der Waals surface area contributed by atoms with Crippen molar-refractivity contribution < 1.29 is 24.1 Å². The molecular formula is C11H12FN3O4. The lowest BCUT2D eigenvalue weighted by molar-refractivity contribution is 0.0222. The summed E-state index contributed by atoms with van der Waals surface area (Å²) in [5.41, 5.74) is 7.87. The fourth-order valence-corrected chi connectivity index (χ4v) is 1.44. The number of rotatable bonds is 5. The number of methoxy groups -OCH3 is 1. The minimum absolute atomic E-state index is 0.0134. The number of halogens is 1. The van der Waals surface area contributed by atoms with Crippen LogP contribution >= 0.6 is 0 Å². The molecule has 0 amide bonds. The first-order chi connectivity index (χ1) is 9.01. The smallest absolute Gasteiger partial charge is 0.337 e. The summed E-state index contributed by atoms with van der Waals surface area (Å²) in [5, 5.41) is 22.3. The number of aliphatic hydroxyl groups excluding tert-OH is 2. The van der Waals surface area contributed by atoms with Gasteiger partial charge < -0.3 is 14.9 Å². The third-order valence-electron chi connectivity index (χ3n) is 2.44. The highest BCUT2D eigenvalue weighted by Gasteiger charge is 2.22. The molecule has 7 nitrogen and oxygen atoms in total. The van der Waals surface area contributed by atoms with Crippen molar-refractivity contribution in [3.63, 3.8) is 0 Å². The summed E-state index contributed by atoms with van der Waals surface area (Å²) in [6.45, 7) is -0.393. The lowest BCUT2D eigenvalue weighted by Crippen LogP contribution is -2.22. The lowest BCUT2D eigenvalue weighted by Gasteiger charge is -2.17.